The number of carbonyl (C=O) groups excluding carboxylic acids is 1. The van der Waals surface area contributed by atoms with Crippen molar-refractivity contribution in [2.45, 2.75) is 26.2 Å². The molecule has 2 rings (SSSR count). The summed E-state index contributed by atoms with van der Waals surface area (Å²) in [7, 11) is 1.77. The van der Waals surface area contributed by atoms with E-state index in [9.17, 15) is 9.59 Å². The van der Waals surface area contributed by atoms with Crippen LogP contribution in [0.15, 0.2) is 18.2 Å². The Bertz CT molecular complexity index is 506. The molecule has 0 saturated heterocycles. The van der Waals surface area contributed by atoms with Crippen molar-refractivity contribution in [1.82, 2.24) is 4.90 Å². The monoisotopic (exact) mass is 261 g/mol. The topological polar surface area (TPSA) is 57.6 Å². The fourth-order valence-electron chi connectivity index (χ4n) is 2.13. The fourth-order valence-corrected chi connectivity index (χ4v) is 2.13. The van der Waals surface area contributed by atoms with E-state index in [4.69, 9.17) is 5.11 Å². The predicted molar refractivity (Wildman–Crippen MR) is 72.4 cm³/mol. The first-order chi connectivity index (χ1) is 8.97. The van der Waals surface area contributed by atoms with Crippen molar-refractivity contribution in [3.05, 3.63) is 34.9 Å². The molecule has 4 nitrogen and oxygen atoms in total. The van der Waals surface area contributed by atoms with E-state index in [2.05, 4.69) is 0 Å². The van der Waals surface area contributed by atoms with Gasteiger partial charge in [-0.25, -0.2) is 4.79 Å². The van der Waals surface area contributed by atoms with Crippen molar-refractivity contribution in [1.29, 1.82) is 0 Å². The van der Waals surface area contributed by atoms with Gasteiger partial charge in [0.2, 0.25) is 0 Å². The van der Waals surface area contributed by atoms with Gasteiger partial charge in [-0.2, -0.15) is 0 Å². The number of carboxylic acid groups (broad SMARTS) is 1. The van der Waals surface area contributed by atoms with Crippen LogP contribution in [0.2, 0.25) is 0 Å². The highest BCUT2D eigenvalue weighted by Crippen LogP contribution is 2.32. The van der Waals surface area contributed by atoms with Crippen LogP contribution in [-0.2, 0) is 0 Å². The molecule has 0 unspecified atom stereocenters. The summed E-state index contributed by atoms with van der Waals surface area (Å²) in [6, 6.07) is 4.76. The minimum atomic E-state index is -1.00. The molecule has 1 amide bonds. The summed E-state index contributed by atoms with van der Waals surface area (Å²) in [5.41, 5.74) is 1.41. The van der Waals surface area contributed by atoms with Crippen LogP contribution in [0.3, 0.4) is 0 Å². The lowest BCUT2D eigenvalue weighted by molar-refractivity contribution is 0.0696. The number of carbonyl (C=O) groups is 2. The molecule has 19 heavy (non-hydrogen) atoms. The molecule has 0 heterocycles. The third-order valence-corrected chi connectivity index (χ3v) is 3.49. The van der Waals surface area contributed by atoms with Crippen molar-refractivity contribution in [3.63, 3.8) is 0 Å². The van der Waals surface area contributed by atoms with Crippen LogP contribution in [0.4, 0.5) is 0 Å². The number of aryl methyl sites for hydroxylation is 1. The zero-order chi connectivity index (χ0) is 14.0. The van der Waals surface area contributed by atoms with Gasteiger partial charge in [-0.3, -0.25) is 4.79 Å². The van der Waals surface area contributed by atoms with Gasteiger partial charge in [0.05, 0.1) is 5.56 Å². The number of nitrogens with zero attached hydrogens (tertiary/aromatic N) is 1. The highest BCUT2D eigenvalue weighted by molar-refractivity contribution is 5.97. The van der Waals surface area contributed by atoms with Crippen LogP contribution in [-0.4, -0.2) is 35.5 Å². The molecule has 0 aromatic heterocycles. The van der Waals surface area contributed by atoms with E-state index < -0.39 is 5.97 Å². The average molecular weight is 261 g/mol. The molecule has 102 valence electrons. The maximum atomic E-state index is 12.2. The molecule has 0 spiro atoms. The van der Waals surface area contributed by atoms with Crippen LogP contribution in [0.5, 0.6) is 0 Å². The predicted octanol–water partition coefficient (Wildman–Crippen LogP) is 2.57. The summed E-state index contributed by atoms with van der Waals surface area (Å²) in [4.78, 5) is 24.9. The number of hydrogen-bond donors (Lipinski definition) is 1. The van der Waals surface area contributed by atoms with Gasteiger partial charge < -0.3 is 10.0 Å². The van der Waals surface area contributed by atoms with Gasteiger partial charge in [0.1, 0.15) is 0 Å². The summed E-state index contributed by atoms with van der Waals surface area (Å²) in [5.74, 6) is -0.326. The van der Waals surface area contributed by atoms with Gasteiger partial charge in [0, 0.05) is 19.2 Å². The molecule has 1 saturated carbocycles. The minimum Gasteiger partial charge on any atom is -0.478 e. The third-order valence-electron chi connectivity index (χ3n) is 3.49. The Kier molecular flexibility index (Phi) is 3.88. The van der Waals surface area contributed by atoms with Crippen molar-refractivity contribution >= 4 is 11.9 Å². The maximum Gasteiger partial charge on any atom is 0.335 e. The number of rotatable bonds is 5. The van der Waals surface area contributed by atoms with Crippen molar-refractivity contribution in [2.75, 3.05) is 13.6 Å². The highest BCUT2D eigenvalue weighted by Gasteiger charge is 2.22. The summed E-state index contributed by atoms with van der Waals surface area (Å²) in [6.07, 6.45) is 3.59. The first kappa shape index (κ1) is 13.6. The average Bonchev–Trinajstić information content (AvgIpc) is 3.18. The van der Waals surface area contributed by atoms with E-state index in [1.54, 1.807) is 31.0 Å². The number of amides is 1. The first-order valence-electron chi connectivity index (χ1n) is 6.58. The lowest BCUT2D eigenvalue weighted by atomic mass is 10.1. The lowest BCUT2D eigenvalue weighted by Gasteiger charge is -2.17. The summed E-state index contributed by atoms with van der Waals surface area (Å²) in [5, 5.41) is 9.01. The zero-order valence-corrected chi connectivity index (χ0v) is 11.3. The highest BCUT2D eigenvalue weighted by atomic mass is 16.4. The van der Waals surface area contributed by atoms with E-state index in [1.807, 2.05) is 0 Å². The van der Waals surface area contributed by atoms with Crippen LogP contribution >= 0.6 is 0 Å². The second-order valence-electron chi connectivity index (χ2n) is 5.35. The Balaban J connectivity index is 2.10. The van der Waals surface area contributed by atoms with Gasteiger partial charge in [0.25, 0.3) is 5.91 Å². The molecule has 0 bridgehead atoms. The molecular weight excluding hydrogens is 242 g/mol. The zero-order valence-electron chi connectivity index (χ0n) is 11.3. The van der Waals surface area contributed by atoms with Gasteiger partial charge in [-0.05, 0) is 43.0 Å². The lowest BCUT2D eigenvalue weighted by Crippen LogP contribution is -2.28. The standard InChI is InChI=1S/C15H19NO3/c1-10-7-12(9-13(8-10)15(18)19)14(17)16(2)6-5-11-3-4-11/h7-9,11H,3-6H2,1-2H3,(H,18,19). The van der Waals surface area contributed by atoms with Gasteiger partial charge >= 0.3 is 5.97 Å². The number of benzene rings is 1. The van der Waals surface area contributed by atoms with Crippen molar-refractivity contribution in [2.24, 2.45) is 5.92 Å². The molecule has 1 aliphatic rings. The normalized spacial score (nSPS) is 14.2. The summed E-state index contributed by atoms with van der Waals surface area (Å²) < 4.78 is 0. The number of carboxylic acids is 1. The first-order valence-corrected chi connectivity index (χ1v) is 6.58. The van der Waals surface area contributed by atoms with E-state index in [-0.39, 0.29) is 11.5 Å². The molecule has 0 aliphatic heterocycles. The molecule has 1 aliphatic carbocycles. The van der Waals surface area contributed by atoms with Crippen molar-refractivity contribution < 1.29 is 14.7 Å². The smallest absolute Gasteiger partial charge is 0.335 e. The maximum absolute atomic E-state index is 12.2. The number of aromatic carboxylic acids is 1. The van der Waals surface area contributed by atoms with E-state index in [0.29, 0.717) is 5.56 Å². The van der Waals surface area contributed by atoms with E-state index in [0.717, 1.165) is 24.4 Å². The van der Waals surface area contributed by atoms with Gasteiger partial charge in [-0.15, -0.1) is 0 Å². The Morgan fingerprint density at radius 2 is 1.89 bits per heavy atom. The summed E-state index contributed by atoms with van der Waals surface area (Å²) in [6.45, 7) is 2.53. The largest absolute Gasteiger partial charge is 0.478 e. The molecular formula is C15H19NO3. The molecule has 1 fully saturated rings. The SMILES string of the molecule is Cc1cc(C(=O)O)cc(C(=O)N(C)CCC2CC2)c1. The number of hydrogen-bond acceptors (Lipinski definition) is 2. The third kappa shape index (κ3) is 3.56. The van der Waals surface area contributed by atoms with Crippen LogP contribution < -0.4 is 0 Å². The molecule has 0 atom stereocenters. The fraction of sp³-hybridized carbons (Fsp3) is 0.467. The molecule has 4 heteroatoms. The second kappa shape index (κ2) is 5.43. The Labute approximate surface area is 113 Å². The second-order valence-corrected chi connectivity index (χ2v) is 5.35. The Morgan fingerprint density at radius 1 is 1.26 bits per heavy atom. The molecule has 0 radical (unpaired) electrons. The van der Waals surface area contributed by atoms with Crippen molar-refractivity contribution in [3.8, 4) is 0 Å². The van der Waals surface area contributed by atoms with Crippen LogP contribution in [0, 0.1) is 12.8 Å². The summed E-state index contributed by atoms with van der Waals surface area (Å²) >= 11 is 0. The van der Waals surface area contributed by atoms with Crippen LogP contribution in [0.1, 0.15) is 45.5 Å². The van der Waals surface area contributed by atoms with E-state index in [1.165, 1.54) is 18.9 Å². The molecule has 1 N–H and O–H groups in total. The molecule has 1 aromatic rings. The Hall–Kier alpha value is -1.84. The van der Waals surface area contributed by atoms with Gasteiger partial charge in [0.15, 0.2) is 0 Å². The molecule has 1 aromatic carbocycles. The van der Waals surface area contributed by atoms with Gasteiger partial charge in [-0.1, -0.05) is 12.8 Å². The van der Waals surface area contributed by atoms with E-state index >= 15 is 0 Å². The van der Waals surface area contributed by atoms with Crippen LogP contribution in [0.25, 0.3) is 0 Å². The Morgan fingerprint density at radius 3 is 2.47 bits per heavy atom. The quantitative estimate of drug-likeness (QED) is 0.886. The minimum absolute atomic E-state index is 0.105.